The zero-order valence-corrected chi connectivity index (χ0v) is 12.1. The van der Waals surface area contributed by atoms with Crippen molar-refractivity contribution in [3.8, 4) is 0 Å². The van der Waals surface area contributed by atoms with Gasteiger partial charge in [0.15, 0.2) is 5.65 Å². The lowest BCUT2D eigenvalue weighted by molar-refractivity contribution is 0.332. The van der Waals surface area contributed by atoms with Gasteiger partial charge >= 0.3 is 0 Å². The van der Waals surface area contributed by atoms with E-state index in [1.54, 1.807) is 0 Å². The van der Waals surface area contributed by atoms with E-state index in [1.807, 2.05) is 6.20 Å². The molecular weight excluding hydrogens is 248 g/mol. The molecule has 2 aliphatic rings. The van der Waals surface area contributed by atoms with Crippen LogP contribution < -0.4 is 5.32 Å². The number of imidazole rings is 1. The third-order valence-electron chi connectivity index (χ3n) is 4.59. The summed E-state index contributed by atoms with van der Waals surface area (Å²) in [6.07, 6.45) is 7.12. The van der Waals surface area contributed by atoms with E-state index in [0.717, 1.165) is 36.7 Å². The molecule has 4 rings (SSSR count). The number of nitrogens with one attached hydrogen (secondary N) is 1. The number of pyridine rings is 1. The summed E-state index contributed by atoms with van der Waals surface area (Å²) < 4.78 is 2.42. The van der Waals surface area contributed by atoms with Gasteiger partial charge < -0.3 is 9.88 Å². The number of piperidine rings is 1. The number of aromatic nitrogens is 3. The van der Waals surface area contributed by atoms with Gasteiger partial charge in [-0.05, 0) is 63.2 Å². The topological polar surface area (TPSA) is 42.7 Å². The Bertz CT molecular complexity index is 621. The van der Waals surface area contributed by atoms with E-state index in [2.05, 4.69) is 27.9 Å². The van der Waals surface area contributed by atoms with Gasteiger partial charge in [-0.25, -0.2) is 9.97 Å². The number of hydrogen-bond donors (Lipinski definition) is 1. The molecule has 106 valence electrons. The van der Waals surface area contributed by atoms with Gasteiger partial charge in [-0.1, -0.05) is 0 Å². The zero-order valence-electron chi connectivity index (χ0n) is 12.1. The molecule has 2 fully saturated rings. The van der Waals surface area contributed by atoms with Gasteiger partial charge in [-0.3, -0.25) is 0 Å². The quantitative estimate of drug-likeness (QED) is 0.932. The Morgan fingerprint density at radius 3 is 2.80 bits per heavy atom. The van der Waals surface area contributed by atoms with Crippen LogP contribution in [0.15, 0.2) is 12.3 Å². The Labute approximate surface area is 119 Å². The minimum absolute atomic E-state index is 0.686. The summed E-state index contributed by atoms with van der Waals surface area (Å²) in [5, 5.41) is 3.45. The van der Waals surface area contributed by atoms with Crippen LogP contribution in [-0.4, -0.2) is 27.6 Å². The molecule has 2 aromatic heterocycles. The largest absolute Gasteiger partial charge is 0.317 e. The number of aryl methyl sites for hydroxylation is 1. The summed E-state index contributed by atoms with van der Waals surface area (Å²) in [6, 6.07) is 2.17. The molecule has 0 atom stereocenters. The highest BCUT2D eigenvalue weighted by molar-refractivity contribution is 5.72. The summed E-state index contributed by atoms with van der Waals surface area (Å²) in [6.45, 7) is 5.50. The summed E-state index contributed by atoms with van der Waals surface area (Å²) in [5.74, 6) is 2.75. The molecule has 0 radical (unpaired) electrons. The molecule has 0 unspecified atom stereocenters. The molecule has 0 bridgehead atoms. The van der Waals surface area contributed by atoms with Gasteiger partial charge in [0, 0.05) is 18.7 Å². The maximum absolute atomic E-state index is 4.89. The van der Waals surface area contributed by atoms with Gasteiger partial charge in [-0.15, -0.1) is 0 Å². The van der Waals surface area contributed by atoms with Crippen LogP contribution in [0.5, 0.6) is 0 Å². The first-order chi connectivity index (χ1) is 9.81. The van der Waals surface area contributed by atoms with Gasteiger partial charge in [0.1, 0.15) is 11.3 Å². The van der Waals surface area contributed by atoms with Crippen molar-refractivity contribution in [2.45, 2.75) is 45.1 Å². The normalized spacial score (nSPS) is 20.6. The maximum atomic E-state index is 4.89. The van der Waals surface area contributed by atoms with Crippen molar-refractivity contribution in [1.29, 1.82) is 0 Å². The smallest absolute Gasteiger partial charge is 0.160 e. The van der Waals surface area contributed by atoms with Crippen molar-refractivity contribution in [2.24, 2.45) is 5.92 Å². The number of fused-ring (bicyclic) bond motifs is 1. The SMILES string of the molecule is Cc1cnc2c(c1)nc(C1CC1)n2CC1CCNCC1. The van der Waals surface area contributed by atoms with E-state index in [0.29, 0.717) is 5.92 Å². The second-order valence-electron chi connectivity index (χ2n) is 6.40. The van der Waals surface area contributed by atoms with Gasteiger partial charge in [0.25, 0.3) is 0 Å². The molecule has 0 amide bonds. The van der Waals surface area contributed by atoms with Gasteiger partial charge in [0.05, 0.1) is 0 Å². The van der Waals surface area contributed by atoms with E-state index in [-0.39, 0.29) is 0 Å². The Hall–Kier alpha value is -1.42. The lowest BCUT2D eigenvalue weighted by Gasteiger charge is -2.23. The van der Waals surface area contributed by atoms with Gasteiger partial charge in [0.2, 0.25) is 0 Å². The predicted octanol–water partition coefficient (Wildman–Crippen LogP) is 2.62. The predicted molar refractivity (Wildman–Crippen MR) is 79.8 cm³/mol. The van der Waals surface area contributed by atoms with E-state index >= 15 is 0 Å². The van der Waals surface area contributed by atoms with Crippen LogP contribution in [0.3, 0.4) is 0 Å². The monoisotopic (exact) mass is 270 g/mol. The average molecular weight is 270 g/mol. The molecule has 2 aromatic rings. The van der Waals surface area contributed by atoms with E-state index in [9.17, 15) is 0 Å². The third kappa shape index (κ3) is 2.22. The van der Waals surface area contributed by atoms with Crippen LogP contribution in [0.2, 0.25) is 0 Å². The lowest BCUT2D eigenvalue weighted by Crippen LogP contribution is -2.30. The highest BCUT2D eigenvalue weighted by Gasteiger charge is 2.30. The molecule has 1 saturated carbocycles. The lowest BCUT2D eigenvalue weighted by atomic mass is 9.98. The van der Waals surface area contributed by atoms with Crippen LogP contribution in [0.25, 0.3) is 11.2 Å². The summed E-state index contributed by atoms with van der Waals surface area (Å²) >= 11 is 0. The Morgan fingerprint density at radius 1 is 1.25 bits per heavy atom. The number of rotatable bonds is 3. The second-order valence-corrected chi connectivity index (χ2v) is 6.40. The number of hydrogen-bond acceptors (Lipinski definition) is 3. The van der Waals surface area contributed by atoms with Crippen molar-refractivity contribution >= 4 is 11.2 Å². The molecule has 0 aromatic carbocycles. The molecule has 4 heteroatoms. The van der Waals surface area contributed by atoms with E-state index < -0.39 is 0 Å². The zero-order chi connectivity index (χ0) is 13.5. The standard InChI is InChI=1S/C16H22N4/c1-11-8-14-16(18-9-11)20(15(19-14)13-2-3-13)10-12-4-6-17-7-5-12/h8-9,12-13,17H,2-7,10H2,1H3. The molecule has 20 heavy (non-hydrogen) atoms. The van der Waals surface area contributed by atoms with Crippen LogP contribution in [0, 0.1) is 12.8 Å². The molecule has 1 N–H and O–H groups in total. The third-order valence-corrected chi connectivity index (χ3v) is 4.59. The highest BCUT2D eigenvalue weighted by atomic mass is 15.1. The van der Waals surface area contributed by atoms with Crippen molar-refractivity contribution in [1.82, 2.24) is 19.9 Å². The van der Waals surface area contributed by atoms with Crippen molar-refractivity contribution in [3.05, 3.63) is 23.7 Å². The molecule has 1 aliphatic carbocycles. The van der Waals surface area contributed by atoms with Crippen LogP contribution in [0.1, 0.15) is 43.0 Å². The molecule has 1 aliphatic heterocycles. The summed E-state index contributed by atoms with van der Waals surface area (Å²) in [4.78, 5) is 9.55. The Morgan fingerprint density at radius 2 is 2.05 bits per heavy atom. The highest BCUT2D eigenvalue weighted by Crippen LogP contribution is 2.41. The minimum atomic E-state index is 0.686. The first kappa shape index (κ1) is 12.3. The summed E-state index contributed by atoms with van der Waals surface area (Å²) in [5.41, 5.74) is 3.38. The van der Waals surface area contributed by atoms with Crippen molar-refractivity contribution in [2.75, 3.05) is 13.1 Å². The number of nitrogens with zero attached hydrogens (tertiary/aromatic N) is 3. The summed E-state index contributed by atoms with van der Waals surface area (Å²) in [7, 11) is 0. The molecule has 0 spiro atoms. The fourth-order valence-corrected chi connectivity index (χ4v) is 3.28. The Kier molecular flexibility index (Phi) is 2.99. The fourth-order valence-electron chi connectivity index (χ4n) is 3.28. The fraction of sp³-hybridized carbons (Fsp3) is 0.625. The molecule has 4 nitrogen and oxygen atoms in total. The average Bonchev–Trinajstić information content (AvgIpc) is 3.24. The van der Waals surface area contributed by atoms with Crippen LogP contribution in [0.4, 0.5) is 0 Å². The van der Waals surface area contributed by atoms with Crippen LogP contribution in [-0.2, 0) is 6.54 Å². The second kappa shape index (κ2) is 4.85. The molecular formula is C16H22N4. The molecule has 1 saturated heterocycles. The first-order valence-corrected chi connectivity index (χ1v) is 7.85. The Balaban J connectivity index is 1.73. The van der Waals surface area contributed by atoms with Crippen molar-refractivity contribution < 1.29 is 0 Å². The maximum Gasteiger partial charge on any atom is 0.160 e. The van der Waals surface area contributed by atoms with E-state index in [4.69, 9.17) is 4.98 Å². The van der Waals surface area contributed by atoms with E-state index in [1.165, 1.54) is 37.1 Å². The van der Waals surface area contributed by atoms with Gasteiger partial charge in [-0.2, -0.15) is 0 Å². The molecule has 3 heterocycles. The first-order valence-electron chi connectivity index (χ1n) is 7.85. The van der Waals surface area contributed by atoms with Crippen molar-refractivity contribution in [3.63, 3.8) is 0 Å². The van der Waals surface area contributed by atoms with Crippen LogP contribution >= 0.6 is 0 Å². The minimum Gasteiger partial charge on any atom is -0.317 e.